The Morgan fingerprint density at radius 2 is 1.06 bits per heavy atom. The van der Waals surface area contributed by atoms with E-state index in [1.54, 1.807) is 36.5 Å². The lowest BCUT2D eigenvalue weighted by atomic mass is 10.0. The molecule has 0 unspecified atom stereocenters. The number of allylic oxidation sites excluding steroid dienone is 18. The van der Waals surface area contributed by atoms with Crippen LogP contribution in [-0.2, 0) is 0 Å². The Labute approximate surface area is 183 Å². The molecule has 0 amide bonds. The molecule has 2 bridgehead atoms. The first-order chi connectivity index (χ1) is 15.1. The molecule has 2 aliphatic carbocycles. The number of oxime groups is 2. The highest BCUT2D eigenvalue weighted by Gasteiger charge is 2.00. The lowest BCUT2D eigenvalue weighted by Gasteiger charge is -2.02. The smallest absolute Gasteiger partial charge is 0.102 e. The van der Waals surface area contributed by atoms with Crippen LogP contribution < -0.4 is 0 Å². The average Bonchev–Trinajstić information content (AvgIpc) is 3.00. The highest BCUT2D eigenvalue weighted by atomic mass is 16.4. The first-order valence-electron chi connectivity index (χ1n) is 9.69. The molecule has 0 aromatic heterocycles. The summed E-state index contributed by atoms with van der Waals surface area (Å²) in [6.45, 7) is 3.76. The van der Waals surface area contributed by atoms with E-state index in [2.05, 4.69) is 34.0 Å². The molecular formula is C27H24N2O2. The van der Waals surface area contributed by atoms with Gasteiger partial charge in [-0.2, -0.15) is 0 Å². The molecule has 2 rings (SSSR count). The van der Waals surface area contributed by atoms with Crippen LogP contribution in [0.5, 0.6) is 0 Å². The molecule has 31 heavy (non-hydrogen) atoms. The van der Waals surface area contributed by atoms with Crippen LogP contribution >= 0.6 is 0 Å². The quantitative estimate of drug-likeness (QED) is 0.311. The van der Waals surface area contributed by atoms with Crippen molar-refractivity contribution in [3.05, 3.63) is 107 Å². The van der Waals surface area contributed by atoms with E-state index in [4.69, 9.17) is 0 Å². The summed E-state index contributed by atoms with van der Waals surface area (Å²) in [5.41, 5.74) is 4.57. The molecule has 0 heterocycles. The van der Waals surface area contributed by atoms with Gasteiger partial charge in [0, 0.05) is 0 Å². The van der Waals surface area contributed by atoms with Gasteiger partial charge in [0.2, 0.25) is 0 Å². The molecule has 0 spiro atoms. The Bertz CT molecular complexity index is 1050. The molecule has 154 valence electrons. The van der Waals surface area contributed by atoms with Gasteiger partial charge in [0.05, 0.1) is 0 Å². The van der Waals surface area contributed by atoms with Gasteiger partial charge in [-0.05, 0) is 78.7 Å². The molecule has 0 aliphatic heterocycles. The minimum Gasteiger partial charge on any atom is -0.410 e. The molecule has 0 aromatic rings. The molecule has 0 saturated carbocycles. The highest BCUT2D eigenvalue weighted by Crippen LogP contribution is 2.17. The van der Waals surface area contributed by atoms with Crippen molar-refractivity contribution in [2.75, 3.05) is 0 Å². The van der Waals surface area contributed by atoms with Crippen molar-refractivity contribution in [1.82, 2.24) is 0 Å². The Hall–Kier alpha value is -4.28. The SMILES string of the molecule is C/C1=C/C=C\C(=N/O)\C=C/C2=CC=CC=C(\C=C/C(=N/O)/C=C\C=C(\C)C#CC#C1)C2. The molecule has 0 aromatic carbocycles. The fourth-order valence-electron chi connectivity index (χ4n) is 2.50. The van der Waals surface area contributed by atoms with Gasteiger partial charge in [-0.3, -0.25) is 0 Å². The molecule has 0 atom stereocenters. The monoisotopic (exact) mass is 408 g/mol. The Kier molecular flexibility index (Phi) is 9.67. The zero-order chi connectivity index (χ0) is 22.3. The first kappa shape index (κ1) is 23.0. The number of rotatable bonds is 0. The van der Waals surface area contributed by atoms with Crippen LogP contribution in [0.1, 0.15) is 20.3 Å². The molecule has 2 aliphatic rings. The minimum absolute atomic E-state index is 0.415. The zero-order valence-corrected chi connectivity index (χ0v) is 17.6. The van der Waals surface area contributed by atoms with Crippen molar-refractivity contribution in [3.8, 4) is 23.7 Å². The van der Waals surface area contributed by atoms with Gasteiger partial charge in [-0.15, -0.1) is 0 Å². The molecule has 0 saturated heterocycles. The number of nitrogens with zero attached hydrogens (tertiary/aromatic N) is 2. The fourth-order valence-corrected chi connectivity index (χ4v) is 2.50. The maximum absolute atomic E-state index is 9.27. The Morgan fingerprint density at radius 3 is 1.48 bits per heavy atom. The topological polar surface area (TPSA) is 65.2 Å². The van der Waals surface area contributed by atoms with Crippen LogP contribution in [0.25, 0.3) is 0 Å². The van der Waals surface area contributed by atoms with E-state index in [9.17, 15) is 10.4 Å². The van der Waals surface area contributed by atoms with E-state index in [1.165, 1.54) is 0 Å². The van der Waals surface area contributed by atoms with Crippen molar-refractivity contribution in [2.24, 2.45) is 10.3 Å². The summed E-state index contributed by atoms with van der Waals surface area (Å²) >= 11 is 0. The van der Waals surface area contributed by atoms with Gasteiger partial charge in [-0.25, -0.2) is 0 Å². The summed E-state index contributed by atoms with van der Waals surface area (Å²) < 4.78 is 0. The van der Waals surface area contributed by atoms with E-state index >= 15 is 0 Å². The molecular weight excluding hydrogens is 384 g/mol. The normalized spacial score (nSPS) is 27.2. The van der Waals surface area contributed by atoms with Crippen molar-refractivity contribution >= 4 is 11.4 Å². The zero-order valence-electron chi connectivity index (χ0n) is 17.6. The molecule has 0 radical (unpaired) electrons. The lowest BCUT2D eigenvalue weighted by Crippen LogP contribution is -1.90. The summed E-state index contributed by atoms with van der Waals surface area (Å²) in [7, 11) is 0. The predicted molar refractivity (Wildman–Crippen MR) is 128 cm³/mol. The van der Waals surface area contributed by atoms with Crippen molar-refractivity contribution in [1.29, 1.82) is 0 Å². The largest absolute Gasteiger partial charge is 0.410 e. The molecule has 0 fully saturated rings. The van der Waals surface area contributed by atoms with Crippen LogP contribution in [0.2, 0.25) is 0 Å². The maximum Gasteiger partial charge on any atom is 0.102 e. The number of fused-ring (bicyclic) bond motifs is 2. The van der Waals surface area contributed by atoms with E-state index in [-0.39, 0.29) is 0 Å². The van der Waals surface area contributed by atoms with Gasteiger partial charge in [0.1, 0.15) is 11.4 Å². The third-order valence-electron chi connectivity index (χ3n) is 4.12. The number of hydrogen-bond acceptors (Lipinski definition) is 4. The van der Waals surface area contributed by atoms with Gasteiger partial charge in [0.15, 0.2) is 0 Å². The van der Waals surface area contributed by atoms with E-state index in [0.29, 0.717) is 17.8 Å². The van der Waals surface area contributed by atoms with Crippen LogP contribution in [0.3, 0.4) is 0 Å². The summed E-state index contributed by atoms with van der Waals surface area (Å²) in [6.07, 6.45) is 26.5. The van der Waals surface area contributed by atoms with Crippen molar-refractivity contribution in [2.45, 2.75) is 20.3 Å². The van der Waals surface area contributed by atoms with Gasteiger partial charge < -0.3 is 10.4 Å². The third-order valence-corrected chi connectivity index (χ3v) is 4.12. The maximum atomic E-state index is 9.27. The predicted octanol–water partition coefficient (Wildman–Crippen LogP) is 5.60. The van der Waals surface area contributed by atoms with E-state index in [0.717, 1.165) is 22.3 Å². The highest BCUT2D eigenvalue weighted by molar-refractivity contribution is 6.04. The molecule has 2 N–H and O–H groups in total. The number of hydrogen-bond donors (Lipinski definition) is 2. The Balaban J connectivity index is 2.41. The standard InChI is InChI=1S/C27H24N2O2/c1-22-9-3-4-10-23(2)12-8-16-27(29-31)20-18-25-14-6-5-13-24(21-25)17-19-26(28-30)15-7-11-22/h5-8,11-20,30-31H,21H2,1-2H3/b15-7-,16-8-,19-17-,20-18-,22-11-,23-12-,28-26+,29-27+. The lowest BCUT2D eigenvalue weighted by molar-refractivity contribution is 0.320. The summed E-state index contributed by atoms with van der Waals surface area (Å²) in [4.78, 5) is 0. The summed E-state index contributed by atoms with van der Waals surface area (Å²) in [5, 5.41) is 25.2. The van der Waals surface area contributed by atoms with Crippen molar-refractivity contribution in [3.63, 3.8) is 0 Å². The second-order valence-electron chi connectivity index (χ2n) is 6.68. The second kappa shape index (κ2) is 13.0. The van der Waals surface area contributed by atoms with Crippen LogP contribution in [0, 0.1) is 23.7 Å². The van der Waals surface area contributed by atoms with Crippen molar-refractivity contribution < 1.29 is 10.4 Å². The van der Waals surface area contributed by atoms with E-state index < -0.39 is 0 Å². The minimum atomic E-state index is 0.415. The van der Waals surface area contributed by atoms with Crippen LogP contribution in [0.4, 0.5) is 0 Å². The summed E-state index contributed by atoms with van der Waals surface area (Å²) in [5.74, 6) is 11.5. The van der Waals surface area contributed by atoms with Gasteiger partial charge >= 0.3 is 0 Å². The van der Waals surface area contributed by atoms with Gasteiger partial charge in [0.25, 0.3) is 0 Å². The Morgan fingerprint density at radius 1 is 0.613 bits per heavy atom. The van der Waals surface area contributed by atoms with Crippen LogP contribution in [-0.4, -0.2) is 21.8 Å². The fraction of sp³-hybridized carbons (Fsp3) is 0.111. The molecule has 4 nitrogen and oxygen atoms in total. The van der Waals surface area contributed by atoms with Crippen LogP contribution in [0.15, 0.2) is 118 Å². The average molecular weight is 409 g/mol. The molecule has 4 heteroatoms. The summed E-state index contributed by atoms with van der Waals surface area (Å²) in [6, 6.07) is 0. The first-order valence-corrected chi connectivity index (χ1v) is 9.69. The van der Waals surface area contributed by atoms with Gasteiger partial charge in [-0.1, -0.05) is 82.9 Å². The van der Waals surface area contributed by atoms with E-state index in [1.807, 2.05) is 62.5 Å². The second-order valence-corrected chi connectivity index (χ2v) is 6.68. The third kappa shape index (κ3) is 9.17.